The summed E-state index contributed by atoms with van der Waals surface area (Å²) >= 11 is 0.928. The van der Waals surface area contributed by atoms with E-state index in [1.807, 2.05) is 6.92 Å². The van der Waals surface area contributed by atoms with Crippen molar-refractivity contribution in [3.05, 3.63) is 69.7 Å². The lowest BCUT2D eigenvalue weighted by Crippen LogP contribution is -2.29. The zero-order valence-electron chi connectivity index (χ0n) is 24.3. The number of rotatable bonds is 12. The Bertz CT molecular complexity index is 1510. The summed E-state index contributed by atoms with van der Waals surface area (Å²) in [6.45, 7) is 6.63. The second kappa shape index (κ2) is 13.5. The summed E-state index contributed by atoms with van der Waals surface area (Å²) < 4.78 is 22.0. The molecule has 2 aromatic carbocycles. The molecule has 1 aliphatic heterocycles. The van der Waals surface area contributed by atoms with Crippen LogP contribution in [-0.2, 0) is 14.3 Å². The Labute approximate surface area is 248 Å². The van der Waals surface area contributed by atoms with Crippen molar-refractivity contribution < 1.29 is 38.4 Å². The van der Waals surface area contributed by atoms with Gasteiger partial charge in [0.05, 0.1) is 44.7 Å². The maximum absolute atomic E-state index is 13.6. The fraction of sp³-hybridized carbons (Fsp3) is 0.355. The first-order chi connectivity index (χ1) is 20.2. The summed E-state index contributed by atoms with van der Waals surface area (Å²) in [5.74, 6) is -1.35. The number of hydrogen-bond donors (Lipinski definition) is 1. The van der Waals surface area contributed by atoms with Gasteiger partial charge < -0.3 is 24.1 Å². The fourth-order valence-electron chi connectivity index (χ4n) is 4.52. The molecule has 0 spiro atoms. The van der Waals surface area contributed by atoms with E-state index in [4.69, 9.17) is 18.9 Å². The first-order valence-corrected chi connectivity index (χ1v) is 14.5. The molecule has 0 radical (unpaired) electrons. The van der Waals surface area contributed by atoms with Gasteiger partial charge in [0, 0.05) is 5.56 Å². The van der Waals surface area contributed by atoms with Crippen LogP contribution in [-0.4, -0.2) is 55.2 Å². The third kappa shape index (κ3) is 6.11. The van der Waals surface area contributed by atoms with Crippen LogP contribution in [0, 0.1) is 6.92 Å². The van der Waals surface area contributed by atoms with Gasteiger partial charge in [0.15, 0.2) is 16.6 Å². The fourth-order valence-corrected chi connectivity index (χ4v) is 5.53. The minimum absolute atomic E-state index is 0.112. The number of methoxy groups -OCH3 is 2. The molecule has 10 nitrogen and oxygen atoms in total. The topological polar surface area (TPSA) is 124 Å². The van der Waals surface area contributed by atoms with Crippen molar-refractivity contribution in [3.63, 3.8) is 0 Å². The molecule has 0 aliphatic carbocycles. The molecule has 1 amide bonds. The van der Waals surface area contributed by atoms with E-state index in [2.05, 4.69) is 11.9 Å². The van der Waals surface area contributed by atoms with Gasteiger partial charge in [-0.2, -0.15) is 0 Å². The maximum Gasteiger partial charge on any atom is 0.350 e. The van der Waals surface area contributed by atoms with Gasteiger partial charge in [-0.15, -0.1) is 0 Å². The van der Waals surface area contributed by atoms with Crippen LogP contribution in [0.4, 0.5) is 5.13 Å². The number of ketones is 1. The number of aliphatic hydroxyl groups is 1. The largest absolute Gasteiger partial charge is 0.507 e. The summed E-state index contributed by atoms with van der Waals surface area (Å²) in [6, 6.07) is 10.7. The lowest BCUT2D eigenvalue weighted by molar-refractivity contribution is -0.132. The van der Waals surface area contributed by atoms with Gasteiger partial charge in [0.2, 0.25) is 0 Å². The molecule has 1 aliphatic rings. The summed E-state index contributed by atoms with van der Waals surface area (Å²) in [6.07, 6.45) is 2.61. The average Bonchev–Trinajstić information content (AvgIpc) is 3.51. The molecular formula is C31H34N2O8S. The van der Waals surface area contributed by atoms with E-state index < -0.39 is 23.7 Å². The van der Waals surface area contributed by atoms with Crippen LogP contribution in [0.25, 0.3) is 5.76 Å². The van der Waals surface area contributed by atoms with Gasteiger partial charge in [-0.3, -0.25) is 14.5 Å². The number of aliphatic hydroxyl groups excluding tert-OH is 1. The summed E-state index contributed by atoms with van der Waals surface area (Å²) in [5, 5.41) is 11.7. The number of Topliss-reactive ketones (excluding diaryl/α,β-unsaturated/α-hetero) is 1. The van der Waals surface area contributed by atoms with Crippen LogP contribution in [0.3, 0.4) is 0 Å². The molecule has 1 fully saturated rings. The highest BCUT2D eigenvalue weighted by Gasteiger charge is 2.48. The number of anilines is 1. The molecule has 2 heterocycles. The highest BCUT2D eigenvalue weighted by atomic mass is 32.1. The first-order valence-electron chi connectivity index (χ1n) is 13.7. The Hall–Kier alpha value is -4.38. The molecule has 42 heavy (non-hydrogen) atoms. The number of nitrogens with zero attached hydrogens (tertiary/aromatic N) is 2. The number of benzene rings is 2. The molecule has 1 aromatic heterocycles. The van der Waals surface area contributed by atoms with Crippen molar-refractivity contribution >= 4 is 39.9 Å². The summed E-state index contributed by atoms with van der Waals surface area (Å²) in [4.78, 5) is 45.4. The van der Waals surface area contributed by atoms with Gasteiger partial charge in [-0.25, -0.2) is 9.78 Å². The number of carbonyl (C=O) groups excluding carboxylic acids is 3. The molecule has 1 unspecified atom stereocenters. The minimum atomic E-state index is -1.08. The number of thiazole rings is 1. The van der Waals surface area contributed by atoms with Crippen LogP contribution in [0.15, 0.2) is 48.0 Å². The maximum atomic E-state index is 13.6. The number of amides is 1. The lowest BCUT2D eigenvalue weighted by atomic mass is 9.95. The van der Waals surface area contributed by atoms with Gasteiger partial charge in [-0.1, -0.05) is 49.8 Å². The minimum Gasteiger partial charge on any atom is -0.507 e. The molecule has 1 N–H and O–H groups in total. The number of carbonyl (C=O) groups is 3. The lowest BCUT2D eigenvalue weighted by Gasteiger charge is -2.24. The van der Waals surface area contributed by atoms with Gasteiger partial charge in [-0.05, 0) is 49.6 Å². The number of aromatic nitrogens is 1. The van der Waals surface area contributed by atoms with Gasteiger partial charge >= 0.3 is 11.9 Å². The molecule has 1 saturated heterocycles. The third-order valence-electron chi connectivity index (χ3n) is 6.65. The number of aryl methyl sites for hydroxylation is 1. The second-order valence-corrected chi connectivity index (χ2v) is 10.5. The second-order valence-electron chi connectivity index (χ2n) is 9.56. The van der Waals surface area contributed by atoms with Gasteiger partial charge in [0.25, 0.3) is 5.78 Å². The first kappa shape index (κ1) is 30.6. The zero-order chi connectivity index (χ0) is 30.4. The normalized spacial score (nSPS) is 16.0. The van der Waals surface area contributed by atoms with E-state index in [-0.39, 0.29) is 21.3 Å². The summed E-state index contributed by atoms with van der Waals surface area (Å²) in [5.41, 5.74) is 0.993. The van der Waals surface area contributed by atoms with E-state index >= 15 is 0 Å². The number of hydrogen-bond acceptors (Lipinski definition) is 10. The van der Waals surface area contributed by atoms with Crippen molar-refractivity contribution in [2.45, 2.75) is 46.1 Å². The quantitative estimate of drug-likeness (QED) is 0.0905. The molecule has 222 valence electrons. The Balaban J connectivity index is 1.90. The van der Waals surface area contributed by atoms with E-state index in [0.717, 1.165) is 30.6 Å². The van der Waals surface area contributed by atoms with Crippen LogP contribution in [0.1, 0.15) is 65.6 Å². The van der Waals surface area contributed by atoms with E-state index in [1.165, 1.54) is 19.1 Å². The van der Waals surface area contributed by atoms with Crippen molar-refractivity contribution in [3.8, 4) is 17.2 Å². The van der Waals surface area contributed by atoms with E-state index in [1.54, 1.807) is 49.4 Å². The standard InChI is InChI=1S/C31H34N2O8S/c1-6-8-15-41-22-13-12-19(17-23(22)38-4)25-24(26(34)20-10-9-11-21(16-20)40-14-7-2)27(35)29(36)33(25)31-32-18(3)28(42-31)30(37)39-5/h9-13,16-17,25,34H,6-8,14-15H2,1-5H3. The van der Waals surface area contributed by atoms with Crippen LogP contribution in [0.5, 0.6) is 17.2 Å². The van der Waals surface area contributed by atoms with Crippen molar-refractivity contribution in [2.24, 2.45) is 0 Å². The third-order valence-corrected chi connectivity index (χ3v) is 7.78. The van der Waals surface area contributed by atoms with Crippen molar-refractivity contribution in [2.75, 3.05) is 32.3 Å². The molecule has 0 bridgehead atoms. The molecule has 11 heteroatoms. The number of unbranched alkanes of at least 4 members (excludes halogenated alkanes) is 1. The molecule has 0 saturated carbocycles. The van der Waals surface area contributed by atoms with Crippen molar-refractivity contribution in [1.82, 2.24) is 4.98 Å². The summed E-state index contributed by atoms with van der Waals surface area (Å²) in [7, 11) is 2.75. The Kier molecular flexibility index (Phi) is 9.84. The molecule has 4 rings (SSSR count). The number of esters is 1. The molecular weight excluding hydrogens is 560 g/mol. The molecule has 1 atom stereocenters. The van der Waals surface area contributed by atoms with Crippen LogP contribution in [0.2, 0.25) is 0 Å². The van der Waals surface area contributed by atoms with Crippen LogP contribution >= 0.6 is 11.3 Å². The smallest absolute Gasteiger partial charge is 0.350 e. The zero-order valence-corrected chi connectivity index (χ0v) is 25.1. The van der Waals surface area contributed by atoms with Crippen molar-refractivity contribution in [1.29, 1.82) is 0 Å². The number of ether oxygens (including phenoxy) is 4. The average molecular weight is 595 g/mol. The highest BCUT2D eigenvalue weighted by Crippen LogP contribution is 2.45. The van der Waals surface area contributed by atoms with E-state index in [0.29, 0.717) is 47.3 Å². The Morgan fingerprint density at radius 2 is 1.81 bits per heavy atom. The highest BCUT2D eigenvalue weighted by molar-refractivity contribution is 7.17. The Morgan fingerprint density at radius 1 is 1.02 bits per heavy atom. The Morgan fingerprint density at radius 3 is 2.50 bits per heavy atom. The predicted molar refractivity (Wildman–Crippen MR) is 159 cm³/mol. The SMILES string of the molecule is CCCCOc1ccc(C2C(=C(O)c3cccc(OCCC)c3)C(=O)C(=O)N2c2nc(C)c(C(=O)OC)s2)cc1OC. The molecule has 3 aromatic rings. The predicted octanol–water partition coefficient (Wildman–Crippen LogP) is 5.84. The monoisotopic (exact) mass is 594 g/mol. The van der Waals surface area contributed by atoms with Gasteiger partial charge in [0.1, 0.15) is 16.4 Å². The van der Waals surface area contributed by atoms with E-state index in [9.17, 15) is 19.5 Å². The van der Waals surface area contributed by atoms with Crippen LogP contribution < -0.4 is 19.1 Å².